The number of ketones is 1. The van der Waals surface area contributed by atoms with Crippen molar-refractivity contribution in [1.29, 1.82) is 0 Å². The van der Waals surface area contributed by atoms with E-state index < -0.39 is 5.97 Å². The molecular formula is C27H31O8Re-. The minimum Gasteiger partial charge on any atom is 0 e. The van der Waals surface area contributed by atoms with Crippen LogP contribution in [0.3, 0.4) is 0 Å². The zero-order valence-corrected chi connectivity index (χ0v) is 22.8. The van der Waals surface area contributed by atoms with Crippen molar-refractivity contribution in [3.63, 3.8) is 0 Å². The predicted octanol–water partition coefficient (Wildman–Crippen LogP) is 5.01. The smallest absolute Gasteiger partial charge is 0 e. The molecule has 0 fully saturated rings. The molecule has 2 rings (SSSR count). The number of carboxylic acids is 1. The number of furan rings is 1. The first-order valence-electron chi connectivity index (χ1n) is 11.3. The number of Topliss-reactive ketones (excluding diaryl/α,β-unsaturated/α-hetero) is 1. The van der Waals surface area contributed by atoms with E-state index in [1.807, 2.05) is 24.3 Å². The van der Waals surface area contributed by atoms with E-state index in [-0.39, 0.29) is 38.4 Å². The Morgan fingerprint density at radius 2 is 1.25 bits per heavy atom. The van der Waals surface area contributed by atoms with Gasteiger partial charge >= 0.3 is 39.9 Å². The largest absolute Gasteiger partial charge is 0 e. The molecule has 0 unspecified atom stereocenters. The van der Waals surface area contributed by atoms with Crippen molar-refractivity contribution in [2.45, 2.75) is 77.0 Å². The minimum absolute atomic E-state index is 0. The molecular weight excluding hydrogens is 638 g/mol. The van der Waals surface area contributed by atoms with Crippen LogP contribution < -0.4 is 5.11 Å². The fraction of sp³-hybridized carbons (Fsp3) is 0.444. The van der Waals surface area contributed by atoms with Crippen LogP contribution in [0.25, 0.3) is 0 Å². The molecule has 1 radical (unpaired) electrons. The number of carbonyl (C=O) groups is 2. The Balaban J connectivity index is -0.00000144. The van der Waals surface area contributed by atoms with Gasteiger partial charge in [0.1, 0.15) is 5.76 Å². The van der Waals surface area contributed by atoms with Crippen molar-refractivity contribution in [3.8, 4) is 0 Å². The molecule has 1 aromatic heterocycles. The van der Waals surface area contributed by atoms with Gasteiger partial charge in [-0.25, -0.2) is 0 Å². The van der Waals surface area contributed by atoms with Gasteiger partial charge in [-0.05, 0) is 30.5 Å². The van der Waals surface area contributed by atoms with Gasteiger partial charge in [0.05, 0.1) is 6.42 Å². The van der Waals surface area contributed by atoms with Gasteiger partial charge in [0, 0.05) is 33.3 Å². The van der Waals surface area contributed by atoms with Gasteiger partial charge in [0.15, 0.2) is 11.5 Å². The average Bonchev–Trinajstić information content (AvgIpc) is 3.60. The van der Waals surface area contributed by atoms with Crippen LogP contribution in [0.15, 0.2) is 52.2 Å². The number of hydrogen-bond donors (Lipinski definition) is 1. The third-order valence-corrected chi connectivity index (χ3v) is 5.06. The predicted molar refractivity (Wildman–Crippen MR) is 122 cm³/mol. The first-order chi connectivity index (χ1) is 17.1. The normalized spacial score (nSPS) is 10.3. The topological polar surface area (TPSA) is 150 Å². The number of aryl methyl sites for hydroxylation is 1. The minimum atomic E-state index is -0.874. The van der Waals surface area contributed by atoms with Crippen LogP contribution in [0.5, 0.6) is 0 Å². The maximum absolute atomic E-state index is 12.1. The van der Waals surface area contributed by atoms with Gasteiger partial charge in [-0.1, -0.05) is 69.2 Å². The second kappa shape index (κ2) is 26.9. The fourth-order valence-electron chi connectivity index (χ4n) is 3.35. The molecule has 0 saturated carbocycles. The number of carbonyl (C=O) groups excluding carboxylic acids is 1. The van der Waals surface area contributed by atoms with Gasteiger partial charge < -0.3 is 14.6 Å². The fourth-order valence-corrected chi connectivity index (χ4v) is 3.35. The van der Waals surface area contributed by atoms with E-state index >= 15 is 0 Å². The zero-order valence-electron chi connectivity index (χ0n) is 20.1. The quantitative estimate of drug-likeness (QED) is 0.0917. The van der Waals surface area contributed by atoms with Crippen LogP contribution >= 0.6 is 0 Å². The molecule has 36 heavy (non-hydrogen) atoms. The Morgan fingerprint density at radius 1 is 0.778 bits per heavy atom. The molecule has 0 atom stereocenters. The van der Waals surface area contributed by atoms with Crippen molar-refractivity contribution in [2.75, 3.05) is 0 Å². The van der Waals surface area contributed by atoms with Crippen molar-refractivity contribution < 1.29 is 58.6 Å². The van der Waals surface area contributed by atoms with Crippen LogP contribution in [-0.4, -0.2) is 16.9 Å². The Morgan fingerprint density at radius 3 is 1.75 bits per heavy atom. The molecule has 0 saturated heterocycles. The second-order valence-corrected chi connectivity index (χ2v) is 7.51. The van der Waals surface area contributed by atoms with Gasteiger partial charge in [0.25, 0.3) is 0 Å². The number of allylic oxidation sites excluding steroid dienone is 6. The Labute approximate surface area is 226 Å². The third-order valence-electron chi connectivity index (χ3n) is 5.06. The summed E-state index contributed by atoms with van der Waals surface area (Å²) in [6.45, 7) is 13.5. The van der Waals surface area contributed by atoms with E-state index in [2.05, 4.69) is 20.0 Å². The summed E-state index contributed by atoms with van der Waals surface area (Å²) in [5.41, 5.74) is 0.825. The van der Waals surface area contributed by atoms with Crippen molar-refractivity contribution in [3.05, 3.63) is 79.2 Å². The second-order valence-electron chi connectivity index (χ2n) is 7.51. The van der Waals surface area contributed by atoms with E-state index in [1.165, 1.54) is 6.42 Å². The standard InChI is InChI=1S/C24H32O5.3CO.Re/c25-21(19-11-9-10-12-19)13-7-5-3-1-2-4-6-8-14-22(26)23-17-15-20(29-23)16-18-24(27)28;3*1-2;/h9-12,15,17,25H,1-8,13-14,16,18H2,(H,27,28);;;;/p-1. The summed E-state index contributed by atoms with van der Waals surface area (Å²) in [6, 6.07) is 3.33. The van der Waals surface area contributed by atoms with Crippen molar-refractivity contribution in [1.82, 2.24) is 0 Å². The monoisotopic (exact) mass is 670 g/mol. The maximum Gasteiger partial charge on any atom is 0 e. The number of hydrogen-bond acceptors (Lipinski definition) is 4. The van der Waals surface area contributed by atoms with Crippen LogP contribution in [0.4, 0.5) is 0 Å². The average molecular weight is 670 g/mol. The van der Waals surface area contributed by atoms with Crippen LogP contribution in [0.2, 0.25) is 0 Å². The van der Waals surface area contributed by atoms with Crippen LogP contribution in [0.1, 0.15) is 86.9 Å². The summed E-state index contributed by atoms with van der Waals surface area (Å²) < 4.78 is 27.9. The van der Waals surface area contributed by atoms with Gasteiger partial charge in [-0.15, -0.1) is 5.76 Å². The molecule has 0 spiro atoms. The molecule has 1 aliphatic carbocycles. The molecule has 1 aromatic rings. The number of aliphatic carboxylic acids is 1. The molecule has 1 aliphatic rings. The molecule has 0 amide bonds. The van der Waals surface area contributed by atoms with E-state index in [0.717, 1.165) is 50.5 Å². The number of unbranched alkanes of at least 4 members (excludes halogenated alkanes) is 7. The summed E-state index contributed by atoms with van der Waals surface area (Å²) in [7, 11) is 0. The van der Waals surface area contributed by atoms with Gasteiger partial charge in [-0.2, -0.15) is 0 Å². The van der Waals surface area contributed by atoms with Crippen LogP contribution in [-0.2, 0) is 45.6 Å². The molecule has 1 N–H and O–H groups in total. The van der Waals surface area contributed by atoms with Crippen LogP contribution in [0, 0.1) is 20.0 Å². The Kier molecular flexibility index (Phi) is 28.3. The SMILES string of the molecule is O=C(O)CCc1ccc(C(=O)CCCCCCCCCCC([O-])=C2C=CC=C2)o1.[C-]#[O+].[C-]#[O+].[C-]#[O+].[Re]. The van der Waals surface area contributed by atoms with E-state index in [4.69, 9.17) is 23.5 Å². The number of carboxylic acid groups (broad SMARTS) is 1. The van der Waals surface area contributed by atoms with Crippen molar-refractivity contribution >= 4 is 11.8 Å². The molecule has 195 valence electrons. The maximum atomic E-state index is 12.1. The summed E-state index contributed by atoms with van der Waals surface area (Å²) >= 11 is 0. The molecule has 9 heteroatoms. The number of rotatable bonds is 15. The van der Waals surface area contributed by atoms with Gasteiger partial charge in [-0.3, -0.25) is 9.59 Å². The summed E-state index contributed by atoms with van der Waals surface area (Å²) in [4.78, 5) is 22.7. The molecule has 1 heterocycles. The van der Waals surface area contributed by atoms with E-state index in [9.17, 15) is 14.7 Å². The van der Waals surface area contributed by atoms with Gasteiger partial charge in [0.2, 0.25) is 0 Å². The summed E-state index contributed by atoms with van der Waals surface area (Å²) in [5.74, 6) is 0.237. The summed E-state index contributed by atoms with van der Waals surface area (Å²) in [6.07, 6.45) is 17.5. The molecule has 0 aromatic carbocycles. The molecule has 0 bridgehead atoms. The first kappa shape index (κ1) is 37.9. The summed E-state index contributed by atoms with van der Waals surface area (Å²) in [5, 5.41) is 20.5. The van der Waals surface area contributed by atoms with E-state index in [1.54, 1.807) is 12.1 Å². The Hall–Kier alpha value is -2.68. The van der Waals surface area contributed by atoms with Crippen molar-refractivity contribution in [2.24, 2.45) is 0 Å². The zero-order chi connectivity index (χ0) is 26.9. The molecule has 0 aliphatic heterocycles. The first-order valence-corrected chi connectivity index (χ1v) is 11.3. The Bertz CT molecular complexity index is 859. The third kappa shape index (κ3) is 18.6. The van der Waals surface area contributed by atoms with E-state index in [0.29, 0.717) is 30.8 Å². The molecule has 8 nitrogen and oxygen atoms in total.